The molecule has 3 nitrogen and oxygen atoms in total. The van der Waals surface area contributed by atoms with Crippen molar-refractivity contribution in [2.75, 3.05) is 6.26 Å². The smallest absolute Gasteiger partial charge is 0.279 e. The molecule has 0 atom stereocenters. The maximum atomic E-state index is 12.6. The van der Waals surface area contributed by atoms with Gasteiger partial charge in [-0.2, -0.15) is 4.99 Å². The first-order valence-corrected chi connectivity index (χ1v) is 10.0. The zero-order valence-electron chi connectivity index (χ0n) is 14.6. The molecule has 5 heteroatoms. The minimum atomic E-state index is -0.217. The molecule has 0 radical (unpaired) electrons. The van der Waals surface area contributed by atoms with Gasteiger partial charge in [0.1, 0.15) is 0 Å². The average molecular weight is 369 g/mol. The first-order chi connectivity index (χ1) is 12.0. The van der Waals surface area contributed by atoms with E-state index in [1.54, 1.807) is 23.1 Å². The maximum Gasteiger partial charge on any atom is 0.279 e. The van der Waals surface area contributed by atoms with E-state index in [0.29, 0.717) is 16.9 Å². The molecule has 1 amide bonds. The number of benzene rings is 2. The summed E-state index contributed by atoms with van der Waals surface area (Å²) < 4.78 is 3.18. The van der Waals surface area contributed by atoms with Crippen molar-refractivity contribution in [2.24, 2.45) is 4.99 Å². The number of hydrogen-bond acceptors (Lipinski definition) is 3. The molecule has 3 aromatic rings. The van der Waals surface area contributed by atoms with Crippen molar-refractivity contribution in [1.82, 2.24) is 4.57 Å². The Morgan fingerprint density at radius 2 is 1.92 bits per heavy atom. The third-order valence-corrected chi connectivity index (χ3v) is 5.93. The van der Waals surface area contributed by atoms with Gasteiger partial charge in [0, 0.05) is 17.0 Å². The summed E-state index contributed by atoms with van der Waals surface area (Å²) in [6.07, 6.45) is 3.85. The van der Waals surface area contributed by atoms with Crippen molar-refractivity contribution in [3.8, 4) is 0 Å². The van der Waals surface area contributed by atoms with Gasteiger partial charge in [-0.15, -0.1) is 18.3 Å². The minimum Gasteiger partial charge on any atom is -0.312 e. The zero-order chi connectivity index (χ0) is 18.0. The fourth-order valence-electron chi connectivity index (χ4n) is 2.60. The number of hydrogen-bond donors (Lipinski definition) is 0. The number of carbonyl (C=O) groups excluding carboxylic acids is 1. The summed E-state index contributed by atoms with van der Waals surface area (Å²) in [5.74, 6) is -0.217. The predicted molar refractivity (Wildman–Crippen MR) is 108 cm³/mol. The lowest BCUT2D eigenvalue weighted by Gasteiger charge is -2.04. The fraction of sp³-hybridized carbons (Fsp3) is 0.200. The van der Waals surface area contributed by atoms with Gasteiger partial charge in [0.2, 0.25) is 0 Å². The summed E-state index contributed by atoms with van der Waals surface area (Å²) >= 11 is 3.19. The van der Waals surface area contributed by atoms with E-state index >= 15 is 0 Å². The Labute approximate surface area is 155 Å². The van der Waals surface area contributed by atoms with Crippen LogP contribution in [0.4, 0.5) is 0 Å². The van der Waals surface area contributed by atoms with Gasteiger partial charge in [-0.25, -0.2) is 0 Å². The van der Waals surface area contributed by atoms with Crippen LogP contribution >= 0.6 is 23.1 Å². The Balaban J connectivity index is 2.12. The number of thiazole rings is 1. The van der Waals surface area contributed by atoms with Gasteiger partial charge in [-0.3, -0.25) is 4.79 Å². The van der Waals surface area contributed by atoms with Crippen molar-refractivity contribution in [3.05, 3.63) is 70.5 Å². The Morgan fingerprint density at radius 1 is 1.24 bits per heavy atom. The van der Waals surface area contributed by atoms with Crippen LogP contribution in [0.25, 0.3) is 10.2 Å². The standard InChI is InChI=1S/C20H20N2OS2/c1-5-10-22-17-11-13(2)14(3)12-18(17)25-20(22)21-19(23)15-6-8-16(24-4)9-7-15/h5-9,11-12H,1,10H2,2-4H3. The van der Waals surface area contributed by atoms with Gasteiger partial charge in [0.05, 0.1) is 10.2 Å². The number of aryl methyl sites for hydroxylation is 2. The molecule has 0 aliphatic rings. The third kappa shape index (κ3) is 3.62. The summed E-state index contributed by atoms with van der Waals surface area (Å²) in [7, 11) is 0. The van der Waals surface area contributed by atoms with Gasteiger partial charge in [-0.1, -0.05) is 17.4 Å². The molecule has 0 fully saturated rings. The molecule has 0 aliphatic heterocycles. The lowest BCUT2D eigenvalue weighted by molar-refractivity contribution is 0.0998. The van der Waals surface area contributed by atoms with E-state index in [1.165, 1.54) is 11.1 Å². The first kappa shape index (κ1) is 17.7. The van der Waals surface area contributed by atoms with Crippen LogP contribution in [0.2, 0.25) is 0 Å². The molecule has 0 unspecified atom stereocenters. The second kappa shape index (κ2) is 7.42. The second-order valence-corrected chi connectivity index (χ2v) is 7.72. The number of carbonyl (C=O) groups is 1. The van der Waals surface area contributed by atoms with Crippen molar-refractivity contribution in [3.63, 3.8) is 0 Å². The van der Waals surface area contributed by atoms with Crippen LogP contribution in [-0.2, 0) is 6.54 Å². The monoisotopic (exact) mass is 368 g/mol. The van der Waals surface area contributed by atoms with E-state index in [2.05, 4.69) is 37.6 Å². The molecule has 25 heavy (non-hydrogen) atoms. The van der Waals surface area contributed by atoms with E-state index in [4.69, 9.17) is 0 Å². The zero-order valence-corrected chi connectivity index (χ0v) is 16.2. The summed E-state index contributed by atoms with van der Waals surface area (Å²) in [6.45, 7) is 8.66. The highest BCUT2D eigenvalue weighted by molar-refractivity contribution is 7.98. The normalized spacial score (nSPS) is 11.9. The Bertz CT molecular complexity index is 1010. The summed E-state index contributed by atoms with van der Waals surface area (Å²) in [4.78, 5) is 18.8. The van der Waals surface area contributed by atoms with Gasteiger partial charge >= 0.3 is 0 Å². The van der Waals surface area contributed by atoms with Crippen molar-refractivity contribution in [1.29, 1.82) is 0 Å². The number of rotatable bonds is 4. The lowest BCUT2D eigenvalue weighted by Crippen LogP contribution is -2.16. The van der Waals surface area contributed by atoms with E-state index in [1.807, 2.05) is 41.2 Å². The van der Waals surface area contributed by atoms with Crippen LogP contribution in [-0.4, -0.2) is 16.7 Å². The minimum absolute atomic E-state index is 0.217. The number of aromatic nitrogens is 1. The van der Waals surface area contributed by atoms with Crippen LogP contribution in [0.1, 0.15) is 21.5 Å². The molecule has 0 saturated carbocycles. The topological polar surface area (TPSA) is 34.4 Å². The Hall–Kier alpha value is -2.11. The lowest BCUT2D eigenvalue weighted by atomic mass is 10.1. The van der Waals surface area contributed by atoms with Crippen LogP contribution in [0.3, 0.4) is 0 Å². The van der Waals surface area contributed by atoms with E-state index < -0.39 is 0 Å². The highest BCUT2D eigenvalue weighted by Gasteiger charge is 2.10. The SMILES string of the molecule is C=CCn1c(=NC(=O)c2ccc(SC)cc2)sc2cc(C)c(C)cc21. The molecule has 1 aromatic heterocycles. The van der Waals surface area contributed by atoms with Gasteiger partial charge in [0.25, 0.3) is 5.91 Å². The van der Waals surface area contributed by atoms with Gasteiger partial charge < -0.3 is 4.57 Å². The molecule has 0 aliphatic carbocycles. The first-order valence-electron chi connectivity index (χ1n) is 7.98. The quantitative estimate of drug-likeness (QED) is 0.481. The van der Waals surface area contributed by atoms with Crippen LogP contribution in [0.5, 0.6) is 0 Å². The Morgan fingerprint density at radius 3 is 2.56 bits per heavy atom. The largest absolute Gasteiger partial charge is 0.312 e. The molecule has 0 saturated heterocycles. The highest BCUT2D eigenvalue weighted by atomic mass is 32.2. The predicted octanol–water partition coefficient (Wildman–Crippen LogP) is 4.97. The number of nitrogens with zero attached hydrogens (tertiary/aromatic N) is 2. The van der Waals surface area contributed by atoms with E-state index in [-0.39, 0.29) is 5.91 Å². The van der Waals surface area contributed by atoms with Crippen molar-refractivity contribution < 1.29 is 4.79 Å². The summed E-state index contributed by atoms with van der Waals surface area (Å²) in [5, 5.41) is 0. The van der Waals surface area contributed by atoms with E-state index in [9.17, 15) is 4.79 Å². The molecule has 0 spiro atoms. The molecule has 2 aromatic carbocycles. The van der Waals surface area contributed by atoms with Crippen LogP contribution in [0.15, 0.2) is 58.9 Å². The fourth-order valence-corrected chi connectivity index (χ4v) is 4.12. The highest BCUT2D eigenvalue weighted by Crippen LogP contribution is 2.22. The molecular weight excluding hydrogens is 348 g/mol. The second-order valence-electron chi connectivity index (χ2n) is 5.83. The molecule has 0 N–H and O–H groups in total. The number of allylic oxidation sites excluding steroid dienone is 1. The average Bonchev–Trinajstić information content (AvgIpc) is 2.92. The van der Waals surface area contributed by atoms with Crippen molar-refractivity contribution >= 4 is 39.2 Å². The third-order valence-electron chi connectivity index (χ3n) is 4.14. The van der Waals surface area contributed by atoms with Crippen molar-refractivity contribution in [2.45, 2.75) is 25.3 Å². The van der Waals surface area contributed by atoms with Gasteiger partial charge in [0.15, 0.2) is 4.80 Å². The number of amides is 1. The number of thioether (sulfide) groups is 1. The van der Waals surface area contributed by atoms with Crippen LogP contribution in [0, 0.1) is 13.8 Å². The summed E-state index contributed by atoms with van der Waals surface area (Å²) in [5.41, 5.74) is 4.17. The molecule has 0 bridgehead atoms. The Kier molecular flexibility index (Phi) is 5.25. The van der Waals surface area contributed by atoms with E-state index in [0.717, 1.165) is 15.1 Å². The summed E-state index contributed by atoms with van der Waals surface area (Å²) in [6, 6.07) is 11.9. The maximum absolute atomic E-state index is 12.6. The van der Waals surface area contributed by atoms with Crippen LogP contribution < -0.4 is 4.80 Å². The van der Waals surface area contributed by atoms with Gasteiger partial charge in [-0.05, 0) is 67.6 Å². The molecule has 3 rings (SSSR count). The number of fused-ring (bicyclic) bond motifs is 1. The molecule has 128 valence electrons. The molecule has 1 heterocycles. The molecular formula is C20H20N2OS2.